The average molecular weight is 526 g/mol. The smallest absolute Gasteiger partial charge is 0.242 e. The highest BCUT2D eigenvalue weighted by atomic mass is 79.9. The van der Waals surface area contributed by atoms with Crippen LogP contribution in [0.1, 0.15) is 44.2 Å². The number of rotatable bonds is 12. The summed E-state index contributed by atoms with van der Waals surface area (Å²) in [6, 6.07) is 15.0. The van der Waals surface area contributed by atoms with Crippen LogP contribution in [0.25, 0.3) is 0 Å². The average Bonchev–Trinajstić information content (AvgIpc) is 2.76. The molecule has 0 aliphatic heterocycles. The first-order chi connectivity index (χ1) is 15.0. The highest BCUT2D eigenvalue weighted by Crippen LogP contribution is 2.22. The molecule has 0 aliphatic rings. The summed E-state index contributed by atoms with van der Waals surface area (Å²) in [5.74, 6) is 0.881. The number of nitrogens with zero attached hydrogens (tertiary/aromatic N) is 1. The first-order valence-corrected chi connectivity index (χ1v) is 12.9. The minimum Gasteiger partial charge on any atom is -0.354 e. The van der Waals surface area contributed by atoms with Crippen molar-refractivity contribution in [2.45, 2.75) is 51.4 Å². The zero-order chi connectivity index (χ0) is 22.6. The third kappa shape index (κ3) is 8.51. The van der Waals surface area contributed by atoms with Crippen molar-refractivity contribution in [3.63, 3.8) is 0 Å². The van der Waals surface area contributed by atoms with Crippen LogP contribution < -0.4 is 5.32 Å². The highest BCUT2D eigenvalue weighted by molar-refractivity contribution is 9.10. The van der Waals surface area contributed by atoms with Gasteiger partial charge in [0, 0.05) is 28.3 Å². The number of carbonyl (C=O) groups is 2. The summed E-state index contributed by atoms with van der Waals surface area (Å²) < 4.78 is 1.03. The molecule has 2 amide bonds. The predicted octanol–water partition coefficient (Wildman–Crippen LogP) is 6.06. The second kappa shape index (κ2) is 13.8. The molecule has 0 radical (unpaired) electrons. The summed E-state index contributed by atoms with van der Waals surface area (Å²) >= 11 is 11.3. The molecule has 2 aromatic rings. The molecular weight excluding hydrogens is 496 g/mol. The Labute approximate surface area is 203 Å². The van der Waals surface area contributed by atoms with Crippen LogP contribution in [-0.2, 0) is 21.9 Å². The van der Waals surface area contributed by atoms with Gasteiger partial charge in [0.25, 0.3) is 0 Å². The molecule has 0 bridgehead atoms. The van der Waals surface area contributed by atoms with Crippen molar-refractivity contribution in [3.8, 4) is 0 Å². The molecule has 0 saturated carbocycles. The van der Waals surface area contributed by atoms with E-state index in [1.54, 1.807) is 16.7 Å². The van der Waals surface area contributed by atoms with Crippen molar-refractivity contribution in [1.29, 1.82) is 0 Å². The fraction of sp³-hybridized carbons (Fsp3) is 0.417. The molecule has 31 heavy (non-hydrogen) atoms. The van der Waals surface area contributed by atoms with Crippen molar-refractivity contribution in [1.82, 2.24) is 10.2 Å². The quantitative estimate of drug-likeness (QED) is 0.343. The third-order valence-electron chi connectivity index (χ3n) is 4.92. The van der Waals surface area contributed by atoms with Crippen LogP contribution in [0, 0.1) is 0 Å². The third-order valence-corrected chi connectivity index (χ3v) is 6.81. The van der Waals surface area contributed by atoms with Crippen LogP contribution in [0.15, 0.2) is 53.0 Å². The van der Waals surface area contributed by atoms with Gasteiger partial charge >= 0.3 is 0 Å². The van der Waals surface area contributed by atoms with E-state index in [-0.39, 0.29) is 11.8 Å². The number of amides is 2. The zero-order valence-corrected chi connectivity index (χ0v) is 21.2. The maximum absolute atomic E-state index is 13.2. The number of unbranched alkanes of at least 4 members (excludes halogenated alkanes) is 1. The lowest BCUT2D eigenvalue weighted by Gasteiger charge is -2.31. The van der Waals surface area contributed by atoms with E-state index >= 15 is 0 Å². The van der Waals surface area contributed by atoms with E-state index in [1.165, 1.54) is 0 Å². The van der Waals surface area contributed by atoms with Crippen LogP contribution in [0.3, 0.4) is 0 Å². The van der Waals surface area contributed by atoms with Crippen LogP contribution in [0.4, 0.5) is 0 Å². The lowest BCUT2D eigenvalue weighted by Crippen LogP contribution is -2.49. The molecule has 1 N–H and O–H groups in total. The van der Waals surface area contributed by atoms with E-state index < -0.39 is 6.04 Å². The van der Waals surface area contributed by atoms with Gasteiger partial charge in [-0.3, -0.25) is 9.59 Å². The molecule has 4 nitrogen and oxygen atoms in total. The summed E-state index contributed by atoms with van der Waals surface area (Å²) in [5.41, 5.74) is 2.00. The number of carbonyl (C=O) groups excluding carboxylic acids is 2. The molecular formula is C24H30BrClN2O2S. The molecule has 7 heteroatoms. The molecule has 0 spiro atoms. The van der Waals surface area contributed by atoms with E-state index in [0.29, 0.717) is 30.3 Å². The Morgan fingerprint density at radius 2 is 1.84 bits per heavy atom. The molecule has 0 heterocycles. The van der Waals surface area contributed by atoms with Gasteiger partial charge in [-0.25, -0.2) is 0 Å². The van der Waals surface area contributed by atoms with Gasteiger partial charge < -0.3 is 10.2 Å². The Morgan fingerprint density at radius 3 is 2.48 bits per heavy atom. The summed E-state index contributed by atoms with van der Waals surface area (Å²) in [6.45, 7) is 4.96. The molecule has 0 aliphatic carbocycles. The van der Waals surface area contributed by atoms with E-state index in [9.17, 15) is 9.59 Å². The standard InChI is InChI=1S/C24H30BrClN2O2S/c1-3-5-14-27-24(30)22(4-2)28(15-19-8-6-7-9-21(19)26)23(29)17-31-16-18-10-12-20(25)13-11-18/h6-13,22H,3-5,14-17H2,1-2H3,(H,27,30)/t22-/m1/s1. The summed E-state index contributed by atoms with van der Waals surface area (Å²) in [5, 5.41) is 3.58. The normalized spacial score (nSPS) is 11.7. The molecule has 0 fully saturated rings. The number of nitrogens with one attached hydrogen (secondary N) is 1. The maximum atomic E-state index is 13.2. The Hall–Kier alpha value is -1.50. The van der Waals surface area contributed by atoms with Crippen molar-refractivity contribution >= 4 is 51.1 Å². The first kappa shape index (κ1) is 25.8. The fourth-order valence-corrected chi connectivity index (χ4v) is 4.49. The van der Waals surface area contributed by atoms with Crippen LogP contribution in [0.5, 0.6) is 0 Å². The topological polar surface area (TPSA) is 49.4 Å². The summed E-state index contributed by atoms with van der Waals surface area (Å²) in [7, 11) is 0. The second-order valence-corrected chi connectivity index (χ2v) is 9.61. The second-order valence-electron chi connectivity index (χ2n) is 7.30. The molecule has 2 rings (SSSR count). The van der Waals surface area contributed by atoms with E-state index in [4.69, 9.17) is 11.6 Å². The fourth-order valence-electron chi connectivity index (χ4n) is 3.16. The van der Waals surface area contributed by atoms with Gasteiger partial charge in [-0.1, -0.05) is 78.1 Å². The van der Waals surface area contributed by atoms with Crippen molar-refractivity contribution in [2.24, 2.45) is 0 Å². The highest BCUT2D eigenvalue weighted by Gasteiger charge is 2.28. The van der Waals surface area contributed by atoms with E-state index in [2.05, 4.69) is 28.2 Å². The summed E-state index contributed by atoms with van der Waals surface area (Å²) in [6.07, 6.45) is 2.47. The number of hydrogen-bond acceptors (Lipinski definition) is 3. The van der Waals surface area contributed by atoms with Gasteiger partial charge in [0.15, 0.2) is 0 Å². The molecule has 0 saturated heterocycles. The Bertz CT molecular complexity index is 848. The first-order valence-electron chi connectivity index (χ1n) is 10.6. The van der Waals surface area contributed by atoms with Crippen molar-refractivity contribution in [2.75, 3.05) is 12.3 Å². The predicted molar refractivity (Wildman–Crippen MR) is 134 cm³/mol. The lowest BCUT2D eigenvalue weighted by molar-refractivity contribution is -0.139. The Morgan fingerprint density at radius 1 is 1.13 bits per heavy atom. The van der Waals surface area contributed by atoms with Gasteiger partial charge in [0.2, 0.25) is 11.8 Å². The van der Waals surface area contributed by atoms with Gasteiger partial charge in [-0.2, -0.15) is 0 Å². The van der Waals surface area contributed by atoms with Gasteiger partial charge in [0.05, 0.1) is 5.75 Å². The molecule has 1 atom stereocenters. The maximum Gasteiger partial charge on any atom is 0.242 e. The zero-order valence-electron chi connectivity index (χ0n) is 18.1. The van der Waals surface area contributed by atoms with E-state index in [1.807, 2.05) is 55.5 Å². The molecule has 2 aromatic carbocycles. The van der Waals surface area contributed by atoms with Crippen LogP contribution in [-0.4, -0.2) is 35.1 Å². The number of halogens is 2. The lowest BCUT2D eigenvalue weighted by atomic mass is 10.1. The van der Waals surface area contributed by atoms with Gasteiger partial charge in [-0.15, -0.1) is 11.8 Å². The van der Waals surface area contributed by atoms with E-state index in [0.717, 1.165) is 34.2 Å². The van der Waals surface area contributed by atoms with Crippen LogP contribution >= 0.6 is 39.3 Å². The monoisotopic (exact) mass is 524 g/mol. The molecule has 0 unspecified atom stereocenters. The van der Waals surface area contributed by atoms with Crippen molar-refractivity contribution in [3.05, 3.63) is 69.2 Å². The largest absolute Gasteiger partial charge is 0.354 e. The molecule has 0 aromatic heterocycles. The van der Waals surface area contributed by atoms with Gasteiger partial charge in [0.1, 0.15) is 6.04 Å². The van der Waals surface area contributed by atoms with Crippen LogP contribution in [0.2, 0.25) is 5.02 Å². The number of thioether (sulfide) groups is 1. The Balaban J connectivity index is 2.10. The minimum absolute atomic E-state index is 0.0560. The summed E-state index contributed by atoms with van der Waals surface area (Å²) in [4.78, 5) is 27.7. The van der Waals surface area contributed by atoms with Gasteiger partial charge in [-0.05, 0) is 42.2 Å². The van der Waals surface area contributed by atoms with Crippen molar-refractivity contribution < 1.29 is 9.59 Å². The Kier molecular flexibility index (Phi) is 11.5. The number of benzene rings is 2. The molecule has 168 valence electrons. The number of hydrogen-bond donors (Lipinski definition) is 1. The minimum atomic E-state index is -0.520. The SMILES string of the molecule is CCCCNC(=O)[C@@H](CC)N(Cc1ccccc1Cl)C(=O)CSCc1ccc(Br)cc1.